The first-order valence-electron chi connectivity index (χ1n) is 6.55. The van der Waals surface area contributed by atoms with Crippen molar-refractivity contribution in [2.75, 3.05) is 0 Å². The van der Waals surface area contributed by atoms with Gasteiger partial charge in [0.05, 0.1) is 5.91 Å². The Bertz CT molecular complexity index is 541. The molecule has 0 bridgehead atoms. The molecule has 22 heavy (non-hydrogen) atoms. The summed E-state index contributed by atoms with van der Waals surface area (Å²) in [6.45, 7) is 4.04. The van der Waals surface area contributed by atoms with Gasteiger partial charge in [-0.2, -0.15) is 6.42 Å². The minimum atomic E-state index is -0.263. The zero-order chi connectivity index (χ0) is 15.8. The van der Waals surface area contributed by atoms with Crippen LogP contribution in [0.1, 0.15) is 49.3 Å². The van der Waals surface area contributed by atoms with Crippen molar-refractivity contribution in [3.05, 3.63) is 41.3 Å². The van der Waals surface area contributed by atoms with E-state index in [1.165, 1.54) is 6.42 Å². The molecular formula is C16H16LiNO4-2. The number of carbonyl (C=O) groups excluding carboxylic acids is 4. The Balaban J connectivity index is 0.000000423. The second-order valence-corrected chi connectivity index (χ2v) is 4.82. The number of benzene rings is 1. The molecule has 2 amide bonds. The maximum atomic E-state index is 10.5. The van der Waals surface area contributed by atoms with E-state index < -0.39 is 0 Å². The summed E-state index contributed by atoms with van der Waals surface area (Å²) in [6, 6.07) is 5.10. The SMILES string of the molecule is CC(C)c1ccc([C-]=O)c([C-]=O)c1.O=C1[CH-]CCC(=O)N1.[Li+]. The molecule has 2 rings (SSSR count). The Morgan fingerprint density at radius 3 is 2.18 bits per heavy atom. The number of hydrogen-bond acceptors (Lipinski definition) is 4. The molecule has 0 saturated carbocycles. The number of piperidine rings is 1. The minimum Gasteiger partial charge on any atom is -0.391 e. The molecule has 0 aliphatic carbocycles. The molecule has 0 atom stereocenters. The van der Waals surface area contributed by atoms with Gasteiger partial charge < -0.3 is 26.1 Å². The normalized spacial score (nSPS) is 13.0. The number of carbonyl (C=O) groups is 2. The average Bonchev–Trinajstić information content (AvgIpc) is 2.46. The van der Waals surface area contributed by atoms with Gasteiger partial charge in [0.25, 0.3) is 0 Å². The van der Waals surface area contributed by atoms with E-state index >= 15 is 0 Å². The van der Waals surface area contributed by atoms with Gasteiger partial charge in [-0.05, 0) is 18.5 Å². The third kappa shape index (κ3) is 6.29. The average molecular weight is 293 g/mol. The molecule has 1 aromatic rings. The first kappa shape index (κ1) is 20.2. The van der Waals surface area contributed by atoms with Crippen LogP contribution in [0.5, 0.6) is 0 Å². The maximum Gasteiger partial charge on any atom is 1.00 e. The van der Waals surface area contributed by atoms with Crippen LogP contribution in [-0.2, 0) is 19.2 Å². The van der Waals surface area contributed by atoms with Gasteiger partial charge in [0.2, 0.25) is 5.91 Å². The van der Waals surface area contributed by atoms with Gasteiger partial charge in [0, 0.05) is 6.42 Å². The van der Waals surface area contributed by atoms with Crippen LogP contribution in [0, 0.1) is 6.42 Å². The fraction of sp³-hybridized carbons (Fsp3) is 0.312. The Labute approximate surface area is 142 Å². The monoisotopic (exact) mass is 293 g/mol. The third-order valence-electron chi connectivity index (χ3n) is 2.89. The van der Waals surface area contributed by atoms with Gasteiger partial charge in [0.1, 0.15) is 0 Å². The molecule has 1 saturated heterocycles. The van der Waals surface area contributed by atoms with Crippen molar-refractivity contribution in [1.82, 2.24) is 5.32 Å². The van der Waals surface area contributed by atoms with Crippen LogP contribution in [-0.4, -0.2) is 24.4 Å². The molecule has 5 nitrogen and oxygen atoms in total. The molecule has 0 unspecified atom stereocenters. The summed E-state index contributed by atoms with van der Waals surface area (Å²) in [6.07, 6.45) is 5.94. The van der Waals surface area contributed by atoms with E-state index in [2.05, 4.69) is 5.32 Å². The van der Waals surface area contributed by atoms with Crippen molar-refractivity contribution in [3.8, 4) is 0 Å². The van der Waals surface area contributed by atoms with Gasteiger partial charge in [-0.25, -0.2) is 12.1 Å². The fourth-order valence-electron chi connectivity index (χ4n) is 1.68. The molecular weight excluding hydrogens is 277 g/mol. The zero-order valence-corrected chi connectivity index (χ0v) is 12.9. The summed E-state index contributed by atoms with van der Waals surface area (Å²) < 4.78 is 0. The van der Waals surface area contributed by atoms with Gasteiger partial charge in [0.15, 0.2) is 0 Å². The van der Waals surface area contributed by atoms with Crippen molar-refractivity contribution in [1.29, 1.82) is 0 Å². The first-order valence-corrected chi connectivity index (χ1v) is 6.55. The van der Waals surface area contributed by atoms with E-state index in [9.17, 15) is 19.2 Å². The van der Waals surface area contributed by atoms with E-state index in [1.54, 1.807) is 24.7 Å². The van der Waals surface area contributed by atoms with Crippen molar-refractivity contribution >= 4 is 24.4 Å². The van der Waals surface area contributed by atoms with Crippen LogP contribution in [0.15, 0.2) is 18.2 Å². The molecule has 1 fully saturated rings. The predicted octanol–water partition coefficient (Wildman–Crippen LogP) is -1.64. The summed E-state index contributed by atoms with van der Waals surface area (Å²) in [7, 11) is 0. The van der Waals surface area contributed by atoms with E-state index in [0.717, 1.165) is 5.56 Å². The van der Waals surface area contributed by atoms with Gasteiger partial charge in [-0.15, -0.1) is 11.6 Å². The maximum absolute atomic E-state index is 10.5. The predicted molar refractivity (Wildman–Crippen MR) is 76.8 cm³/mol. The Hall–Kier alpha value is -1.83. The summed E-state index contributed by atoms with van der Waals surface area (Å²) in [5, 5.41) is 2.15. The number of nitrogens with one attached hydrogen (secondary N) is 1. The fourth-order valence-corrected chi connectivity index (χ4v) is 1.68. The molecule has 0 aromatic heterocycles. The van der Waals surface area contributed by atoms with E-state index in [4.69, 9.17) is 0 Å². The summed E-state index contributed by atoms with van der Waals surface area (Å²) in [5.41, 5.74) is 1.60. The van der Waals surface area contributed by atoms with E-state index in [0.29, 0.717) is 24.3 Å². The summed E-state index contributed by atoms with van der Waals surface area (Å²) in [5.74, 6) is -0.0912. The second kappa shape index (κ2) is 9.99. The molecule has 1 aliphatic heterocycles. The van der Waals surface area contributed by atoms with Crippen molar-refractivity contribution in [3.63, 3.8) is 0 Å². The summed E-state index contributed by atoms with van der Waals surface area (Å²) in [4.78, 5) is 41.4. The molecule has 1 aromatic carbocycles. The number of rotatable bonds is 3. The van der Waals surface area contributed by atoms with Crippen LogP contribution >= 0.6 is 0 Å². The third-order valence-corrected chi connectivity index (χ3v) is 2.89. The van der Waals surface area contributed by atoms with Crippen LogP contribution in [0.4, 0.5) is 0 Å². The Morgan fingerprint density at radius 1 is 1.14 bits per heavy atom. The molecule has 1 heterocycles. The van der Waals surface area contributed by atoms with Gasteiger partial charge in [-0.1, -0.05) is 13.8 Å². The van der Waals surface area contributed by atoms with Crippen molar-refractivity contribution in [2.45, 2.75) is 32.6 Å². The first-order chi connectivity index (χ1) is 9.97. The van der Waals surface area contributed by atoms with Crippen molar-refractivity contribution in [2.24, 2.45) is 0 Å². The standard InChI is InChI=1S/C11H10O2.C5H6NO2.Li/c1-8(2)9-3-4-10(6-12)11(5-9)7-13;7-4-2-1-3-5(8)6-4;/h3-5,8H,1-2H3;2H,1,3H2,(H,6,7,8);/q-2;-1;+1. The van der Waals surface area contributed by atoms with E-state index in [1.807, 2.05) is 19.9 Å². The van der Waals surface area contributed by atoms with Crippen molar-refractivity contribution < 1.29 is 38.0 Å². The molecule has 1 aliphatic rings. The molecule has 112 valence electrons. The van der Waals surface area contributed by atoms with Crippen LogP contribution < -0.4 is 24.2 Å². The molecule has 1 N–H and O–H groups in total. The molecule has 0 radical (unpaired) electrons. The zero-order valence-electron chi connectivity index (χ0n) is 12.9. The van der Waals surface area contributed by atoms with Crippen LogP contribution in [0.3, 0.4) is 0 Å². The number of amides is 2. The van der Waals surface area contributed by atoms with Gasteiger partial charge in [-0.3, -0.25) is 15.9 Å². The second-order valence-electron chi connectivity index (χ2n) is 4.82. The van der Waals surface area contributed by atoms with Crippen LogP contribution in [0.2, 0.25) is 0 Å². The molecule has 6 heteroatoms. The smallest absolute Gasteiger partial charge is 0.391 e. The Kier molecular flexibility index (Phi) is 9.16. The minimum absolute atomic E-state index is 0. The summed E-state index contributed by atoms with van der Waals surface area (Å²) >= 11 is 0. The Morgan fingerprint density at radius 2 is 1.77 bits per heavy atom. The molecule has 0 spiro atoms. The quantitative estimate of drug-likeness (QED) is 0.412. The van der Waals surface area contributed by atoms with E-state index in [-0.39, 0.29) is 36.2 Å². The number of imide groups is 1. The topological polar surface area (TPSA) is 80.3 Å². The van der Waals surface area contributed by atoms with Crippen LogP contribution in [0.25, 0.3) is 0 Å². The van der Waals surface area contributed by atoms with Gasteiger partial charge >= 0.3 is 18.9 Å². The number of hydrogen-bond donors (Lipinski definition) is 1. The largest absolute Gasteiger partial charge is 1.00 e.